The normalized spacial score (nSPS) is 31.1. The number of H-pyrrole nitrogens is 1. The van der Waals surface area contributed by atoms with Gasteiger partial charge in [0.2, 0.25) is 0 Å². The molecule has 0 aromatic carbocycles. The summed E-state index contributed by atoms with van der Waals surface area (Å²) in [4.78, 5) is 60.7. The summed E-state index contributed by atoms with van der Waals surface area (Å²) in [5, 5.41) is 20.1. The van der Waals surface area contributed by atoms with Crippen LogP contribution in [0.1, 0.15) is 14.5 Å². The fourth-order valence-corrected chi connectivity index (χ4v) is 5.07. The Balaban J connectivity index is 2.39. The molecule has 180 valence electrons. The summed E-state index contributed by atoms with van der Waals surface area (Å²) < 4.78 is 79.5. The molecule has 2 rings (SSSR count). The molecule has 17 nitrogen and oxygen atoms in total. The molecule has 2 unspecified atom stereocenters. The Hall–Kier alpha value is -1.54. The number of hydrogen-bond donors (Lipinski definition) is 7. The number of aromatic nitrogens is 2. The average molecular weight is 528 g/mol. The number of terminal acetylenes is 1. The number of rotatable bonds is 8. The van der Waals surface area contributed by atoms with Crippen LogP contribution in [-0.4, -0.2) is 64.0 Å². The first-order valence-electron chi connectivity index (χ1n) is 8.54. The Kier molecular flexibility index (Phi) is 6.65. The van der Waals surface area contributed by atoms with E-state index in [2.05, 4.69) is 17.9 Å². The van der Waals surface area contributed by atoms with Gasteiger partial charge in [-0.05, 0) is 0 Å². The third-order valence-electron chi connectivity index (χ3n) is 3.40. The Morgan fingerprint density at radius 1 is 1.25 bits per heavy atom. The number of aliphatic hydroxyl groups is 2. The smallest absolute Gasteiger partial charge is 0.385 e. The molecule has 32 heavy (non-hydrogen) atoms. The van der Waals surface area contributed by atoms with Crippen LogP contribution in [0.25, 0.3) is 0 Å². The van der Waals surface area contributed by atoms with Crippen LogP contribution in [0.2, 0.25) is 0 Å². The van der Waals surface area contributed by atoms with Crippen LogP contribution in [0.15, 0.2) is 15.8 Å². The summed E-state index contributed by atoms with van der Waals surface area (Å²) in [6.07, 6.45) is -2.21. The van der Waals surface area contributed by atoms with E-state index in [0.717, 1.165) is 0 Å². The summed E-state index contributed by atoms with van der Waals surface area (Å²) in [6.45, 7) is -4.35. The zero-order valence-corrected chi connectivity index (χ0v) is 17.6. The summed E-state index contributed by atoms with van der Waals surface area (Å²) >= 11 is 0. The molecule has 21 heteroatoms. The third-order valence-corrected chi connectivity index (χ3v) is 7.05. The molecule has 0 saturated carbocycles. The molecule has 0 spiro atoms. The van der Waals surface area contributed by atoms with Crippen molar-refractivity contribution in [3.63, 3.8) is 0 Å². The second-order valence-corrected chi connectivity index (χ2v) is 10.1. The second kappa shape index (κ2) is 9.01. The molecule has 0 amide bonds. The molecule has 6 atom stereocenters. The van der Waals surface area contributed by atoms with Crippen LogP contribution < -0.4 is 11.2 Å². The predicted molar refractivity (Wildman–Crippen MR) is 95.0 cm³/mol. The molecular weight excluding hydrogens is 512 g/mol. The van der Waals surface area contributed by atoms with Crippen molar-refractivity contribution in [2.45, 2.75) is 24.3 Å². The van der Waals surface area contributed by atoms with E-state index in [-0.39, 0.29) is 4.57 Å². The van der Waals surface area contributed by atoms with E-state index in [4.69, 9.17) is 23.8 Å². The maximum Gasteiger partial charge on any atom is 0.490 e. The van der Waals surface area contributed by atoms with Crippen LogP contribution in [0.4, 0.5) is 4.39 Å². The first kappa shape index (κ1) is 23.6. The molecule has 7 N–H and O–H groups in total. The number of aromatic amines is 1. The van der Waals surface area contributed by atoms with E-state index >= 15 is 4.39 Å². The number of nitrogens with one attached hydrogen (secondary N) is 1. The van der Waals surface area contributed by atoms with Gasteiger partial charge in [-0.3, -0.25) is 18.9 Å². The van der Waals surface area contributed by atoms with Crippen LogP contribution in [0.5, 0.6) is 0 Å². The number of phosphoric ester groups is 1. The standard InChI is InChI=1S/C11H14FN2O15P3/c1-2-5-3-14(10(18)13-8(5)17)9-6(15)7(16)11(12,27-9)4-26-31(22,23)29-32(24,25)28-30(19,20)21/h1,3,6-7,9,15-16H,4H2,(H,22,23)(H,24,25)(H,13,17,18)(H2,19,20,21)/t6-,7+,9-,11-/m1/s1/i4D2. The van der Waals surface area contributed by atoms with Gasteiger partial charge in [-0.2, -0.15) is 8.62 Å². The highest BCUT2D eigenvalue weighted by Crippen LogP contribution is 2.66. The van der Waals surface area contributed by atoms with Gasteiger partial charge >= 0.3 is 29.2 Å². The van der Waals surface area contributed by atoms with E-state index in [0.29, 0.717) is 6.20 Å². The van der Waals surface area contributed by atoms with Crippen molar-refractivity contribution in [2.75, 3.05) is 6.56 Å². The molecule has 1 aliphatic rings. The molecule has 1 aromatic rings. The van der Waals surface area contributed by atoms with Crippen LogP contribution in [-0.2, 0) is 31.6 Å². The lowest BCUT2D eigenvalue weighted by Crippen LogP contribution is -2.43. The minimum atomic E-state index is -6.30. The molecule has 2 heterocycles. The SMILES string of the molecule is [2H]C([2H])(OP(=O)(O)OP(=O)(O)OP(=O)(O)O)[C@@]1(F)O[C@@H](n2cc(C#C)c(=O)[nH]c2=O)[C@H](O)[C@@H]1O. The second-order valence-electron chi connectivity index (χ2n) is 5.73. The number of alkyl halides is 1. The van der Waals surface area contributed by atoms with Crippen LogP contribution >= 0.6 is 23.5 Å². The summed E-state index contributed by atoms with van der Waals surface area (Å²) in [5.41, 5.74) is -3.00. The fourth-order valence-electron chi connectivity index (χ4n) is 2.19. The quantitative estimate of drug-likeness (QED) is 0.139. The van der Waals surface area contributed by atoms with Gasteiger partial charge in [-0.25, -0.2) is 22.9 Å². The van der Waals surface area contributed by atoms with E-state index in [1.807, 2.05) is 5.92 Å². The Morgan fingerprint density at radius 3 is 2.38 bits per heavy atom. The fraction of sp³-hybridized carbons (Fsp3) is 0.455. The van der Waals surface area contributed by atoms with Gasteiger partial charge in [-0.1, -0.05) is 5.92 Å². The lowest BCUT2D eigenvalue weighted by atomic mass is 10.1. The van der Waals surface area contributed by atoms with Crippen molar-refractivity contribution in [3.8, 4) is 12.3 Å². The highest BCUT2D eigenvalue weighted by Gasteiger charge is 2.57. The molecule has 0 bridgehead atoms. The molecule has 1 aromatic heterocycles. The predicted octanol–water partition coefficient (Wildman–Crippen LogP) is -2.22. The Labute approximate surface area is 178 Å². The highest BCUT2D eigenvalue weighted by atomic mass is 31.3. The van der Waals surface area contributed by atoms with Crippen molar-refractivity contribution < 1.29 is 68.5 Å². The van der Waals surface area contributed by atoms with Gasteiger partial charge in [0.15, 0.2) is 6.23 Å². The topological polar surface area (TPSA) is 264 Å². The van der Waals surface area contributed by atoms with Gasteiger partial charge < -0.3 is 34.5 Å². The van der Waals surface area contributed by atoms with E-state index < -0.39 is 71.1 Å². The van der Waals surface area contributed by atoms with Gasteiger partial charge in [-0.15, -0.1) is 6.42 Å². The largest absolute Gasteiger partial charge is 0.490 e. The summed E-state index contributed by atoms with van der Waals surface area (Å²) in [5.74, 6) is -2.49. The number of phosphoric acid groups is 3. The minimum absolute atomic E-state index is 0.243. The van der Waals surface area contributed by atoms with E-state index in [1.165, 1.54) is 0 Å². The first-order chi connectivity index (χ1) is 15.1. The zero-order chi connectivity index (χ0) is 26.5. The number of ether oxygens (including phenoxy) is 1. The molecule has 0 radical (unpaired) electrons. The molecule has 1 saturated heterocycles. The third kappa shape index (κ3) is 6.28. The first-order valence-corrected chi connectivity index (χ1v) is 12.1. The van der Waals surface area contributed by atoms with Gasteiger partial charge in [0.05, 0.1) is 2.74 Å². The number of halogens is 1. The summed E-state index contributed by atoms with van der Waals surface area (Å²) in [6, 6.07) is 0. The average Bonchev–Trinajstić information content (AvgIpc) is 2.83. The molecule has 1 fully saturated rings. The highest BCUT2D eigenvalue weighted by molar-refractivity contribution is 7.66. The van der Waals surface area contributed by atoms with Crippen LogP contribution in [0, 0.1) is 12.3 Å². The number of aliphatic hydroxyl groups excluding tert-OH is 2. The molecular formula is C11H14FN2O15P3. The van der Waals surface area contributed by atoms with Crippen molar-refractivity contribution in [2.24, 2.45) is 0 Å². The van der Waals surface area contributed by atoms with Crippen LogP contribution in [0.3, 0.4) is 0 Å². The van der Waals surface area contributed by atoms with Gasteiger partial charge in [0.1, 0.15) is 24.3 Å². The van der Waals surface area contributed by atoms with Crippen molar-refractivity contribution in [1.82, 2.24) is 9.55 Å². The van der Waals surface area contributed by atoms with Gasteiger partial charge in [0, 0.05) is 6.20 Å². The van der Waals surface area contributed by atoms with Crippen molar-refractivity contribution >= 4 is 23.5 Å². The minimum Gasteiger partial charge on any atom is -0.385 e. The Morgan fingerprint density at radius 2 is 1.84 bits per heavy atom. The lowest BCUT2D eigenvalue weighted by Gasteiger charge is -2.24. The summed E-state index contributed by atoms with van der Waals surface area (Å²) in [7, 11) is -18.2. The number of nitrogens with zero attached hydrogens (tertiary/aromatic N) is 1. The van der Waals surface area contributed by atoms with Crippen molar-refractivity contribution in [1.29, 1.82) is 0 Å². The number of hydrogen-bond acceptors (Lipinski definition) is 11. The van der Waals surface area contributed by atoms with Gasteiger partial charge in [0.25, 0.3) is 11.4 Å². The maximum absolute atomic E-state index is 15.4. The van der Waals surface area contributed by atoms with E-state index in [1.54, 1.807) is 4.98 Å². The van der Waals surface area contributed by atoms with E-state index in [9.17, 15) is 38.4 Å². The lowest BCUT2D eigenvalue weighted by molar-refractivity contribution is -0.204. The van der Waals surface area contributed by atoms with Crippen molar-refractivity contribution in [3.05, 3.63) is 32.6 Å². The maximum atomic E-state index is 15.4. The monoisotopic (exact) mass is 528 g/mol. The molecule has 1 aliphatic heterocycles. The Bertz CT molecular complexity index is 1270. The molecule has 0 aliphatic carbocycles. The zero-order valence-electron chi connectivity index (χ0n) is 16.9.